The molecule has 0 spiro atoms. The molecule has 9 heteroatoms. The smallest absolute Gasteiger partial charge is 0.285 e. The van der Waals surface area contributed by atoms with Crippen molar-refractivity contribution in [2.75, 3.05) is 6.61 Å². The molecule has 1 aromatic heterocycles. The van der Waals surface area contributed by atoms with Gasteiger partial charge in [0.1, 0.15) is 11.5 Å². The van der Waals surface area contributed by atoms with Gasteiger partial charge in [0.25, 0.3) is 15.9 Å². The van der Waals surface area contributed by atoms with E-state index in [0.717, 1.165) is 0 Å². The van der Waals surface area contributed by atoms with Gasteiger partial charge in [-0.2, -0.15) is 5.10 Å². The first-order valence-electron chi connectivity index (χ1n) is 6.00. The van der Waals surface area contributed by atoms with Crippen LogP contribution in [-0.2, 0) is 16.6 Å². The molecule has 0 aliphatic carbocycles. The normalized spacial score (nSPS) is 13.6. The number of hydrogen-bond donors (Lipinski definition) is 1. The van der Waals surface area contributed by atoms with Gasteiger partial charge in [0.2, 0.25) is 5.88 Å². The fraction of sp³-hybridized carbons (Fsp3) is 0.167. The van der Waals surface area contributed by atoms with Crippen LogP contribution < -0.4 is 9.46 Å². The van der Waals surface area contributed by atoms with Gasteiger partial charge in [-0.15, -0.1) is 0 Å². The van der Waals surface area contributed by atoms with E-state index in [1.165, 1.54) is 16.8 Å². The molecule has 0 atom stereocenters. The van der Waals surface area contributed by atoms with Gasteiger partial charge in [-0.05, 0) is 28.1 Å². The van der Waals surface area contributed by atoms with E-state index in [1.54, 1.807) is 18.2 Å². The Morgan fingerprint density at radius 2 is 2.14 bits per heavy atom. The Morgan fingerprint density at radius 1 is 1.38 bits per heavy atom. The maximum Gasteiger partial charge on any atom is 0.285 e. The van der Waals surface area contributed by atoms with Crippen LogP contribution in [0.1, 0.15) is 10.5 Å². The molecule has 1 aliphatic heterocycles. The Kier molecular flexibility index (Phi) is 3.46. The number of benzene rings is 1. The van der Waals surface area contributed by atoms with E-state index in [2.05, 4.69) is 21.0 Å². The van der Waals surface area contributed by atoms with Crippen LogP contribution >= 0.6 is 15.9 Å². The minimum Gasteiger partial charge on any atom is -0.476 e. The van der Waals surface area contributed by atoms with Crippen LogP contribution in [0.25, 0.3) is 0 Å². The van der Waals surface area contributed by atoms with Gasteiger partial charge in [0, 0.05) is 10.5 Å². The molecule has 1 aliphatic rings. The lowest BCUT2D eigenvalue weighted by atomic mass is 10.4. The summed E-state index contributed by atoms with van der Waals surface area (Å²) in [5, 5.41) is 3.99. The van der Waals surface area contributed by atoms with Crippen molar-refractivity contribution in [2.24, 2.45) is 0 Å². The molecule has 2 heterocycles. The van der Waals surface area contributed by atoms with Crippen LogP contribution in [0.4, 0.5) is 0 Å². The molecule has 0 saturated carbocycles. The van der Waals surface area contributed by atoms with Crippen molar-refractivity contribution in [1.29, 1.82) is 0 Å². The SMILES string of the molecule is O=C(NS(=O)(=O)c1ccccc1Br)c1cc2n(n1)CCO2. The first-order valence-corrected chi connectivity index (χ1v) is 8.27. The summed E-state index contributed by atoms with van der Waals surface area (Å²) in [6, 6.07) is 7.65. The second-order valence-corrected chi connectivity index (χ2v) is 6.81. The quantitative estimate of drug-likeness (QED) is 0.873. The largest absolute Gasteiger partial charge is 0.476 e. The van der Waals surface area contributed by atoms with E-state index in [4.69, 9.17) is 4.74 Å². The lowest BCUT2D eigenvalue weighted by Gasteiger charge is -2.07. The van der Waals surface area contributed by atoms with Crippen LogP contribution in [0, 0.1) is 0 Å². The van der Waals surface area contributed by atoms with Crippen LogP contribution in [-0.4, -0.2) is 30.7 Å². The third-order valence-corrected chi connectivity index (χ3v) is 5.23. The van der Waals surface area contributed by atoms with Crippen molar-refractivity contribution in [2.45, 2.75) is 11.4 Å². The zero-order valence-electron chi connectivity index (χ0n) is 10.6. The van der Waals surface area contributed by atoms with E-state index in [-0.39, 0.29) is 10.6 Å². The second-order valence-electron chi connectivity index (χ2n) is 4.30. The number of carbonyl (C=O) groups is 1. The van der Waals surface area contributed by atoms with Gasteiger partial charge in [0.15, 0.2) is 5.69 Å². The highest BCUT2D eigenvalue weighted by Crippen LogP contribution is 2.22. The minimum absolute atomic E-state index is 0.000304. The zero-order chi connectivity index (χ0) is 15.0. The Morgan fingerprint density at radius 3 is 2.86 bits per heavy atom. The molecule has 0 bridgehead atoms. The molecule has 110 valence electrons. The topological polar surface area (TPSA) is 90.3 Å². The number of sulfonamides is 1. The van der Waals surface area contributed by atoms with Gasteiger partial charge in [-0.25, -0.2) is 17.8 Å². The molecular weight excluding hydrogens is 362 g/mol. The molecule has 0 unspecified atom stereocenters. The molecule has 0 fully saturated rings. The van der Waals surface area contributed by atoms with Gasteiger partial charge in [0.05, 0.1) is 6.54 Å². The summed E-state index contributed by atoms with van der Waals surface area (Å²) in [6.45, 7) is 1.04. The summed E-state index contributed by atoms with van der Waals surface area (Å²) in [4.78, 5) is 12.0. The van der Waals surface area contributed by atoms with Crippen molar-refractivity contribution >= 4 is 31.9 Å². The van der Waals surface area contributed by atoms with Gasteiger partial charge < -0.3 is 4.74 Å². The summed E-state index contributed by atoms with van der Waals surface area (Å²) in [5.41, 5.74) is 0.000304. The number of halogens is 1. The number of rotatable bonds is 3. The summed E-state index contributed by atoms with van der Waals surface area (Å²) < 4.78 is 33.5. The maximum atomic E-state index is 12.2. The standard InChI is InChI=1S/C12H10BrN3O4S/c13-8-3-1-2-4-10(8)21(18,19)15-12(17)9-7-11-16(14-9)5-6-20-11/h1-4,7H,5-6H2,(H,15,17). The summed E-state index contributed by atoms with van der Waals surface area (Å²) in [5.74, 6) is -0.338. The number of amides is 1. The lowest BCUT2D eigenvalue weighted by Crippen LogP contribution is -2.31. The lowest BCUT2D eigenvalue weighted by molar-refractivity contribution is 0.0975. The Bertz CT molecular complexity index is 794. The number of nitrogens with zero attached hydrogens (tertiary/aromatic N) is 2. The molecule has 1 amide bonds. The van der Waals surface area contributed by atoms with Crippen LogP contribution in [0.15, 0.2) is 39.7 Å². The first-order chi connectivity index (χ1) is 9.97. The van der Waals surface area contributed by atoms with Crippen LogP contribution in [0.5, 0.6) is 5.88 Å². The minimum atomic E-state index is -3.97. The van der Waals surface area contributed by atoms with E-state index in [9.17, 15) is 13.2 Å². The van der Waals surface area contributed by atoms with Crippen molar-refractivity contribution in [3.63, 3.8) is 0 Å². The van der Waals surface area contributed by atoms with E-state index in [1.807, 2.05) is 4.72 Å². The molecule has 1 aromatic carbocycles. The van der Waals surface area contributed by atoms with Crippen molar-refractivity contribution in [3.05, 3.63) is 40.5 Å². The number of carbonyl (C=O) groups excluding carboxylic acids is 1. The highest BCUT2D eigenvalue weighted by Gasteiger charge is 2.24. The molecule has 0 saturated heterocycles. The van der Waals surface area contributed by atoms with Gasteiger partial charge in [-0.3, -0.25) is 4.79 Å². The Labute approximate surface area is 129 Å². The Balaban J connectivity index is 1.85. The molecule has 3 rings (SSSR count). The number of ether oxygens (including phenoxy) is 1. The summed E-state index contributed by atoms with van der Waals surface area (Å²) in [7, 11) is -3.97. The number of aromatic nitrogens is 2. The molecule has 21 heavy (non-hydrogen) atoms. The van der Waals surface area contributed by atoms with Gasteiger partial charge in [-0.1, -0.05) is 12.1 Å². The summed E-state index contributed by atoms with van der Waals surface area (Å²) >= 11 is 3.14. The highest BCUT2D eigenvalue weighted by molar-refractivity contribution is 9.10. The molecule has 7 nitrogen and oxygen atoms in total. The number of hydrogen-bond acceptors (Lipinski definition) is 5. The van der Waals surface area contributed by atoms with Crippen LogP contribution in [0.3, 0.4) is 0 Å². The van der Waals surface area contributed by atoms with Crippen molar-refractivity contribution in [1.82, 2.24) is 14.5 Å². The predicted molar refractivity (Wildman–Crippen MR) is 76.5 cm³/mol. The number of fused-ring (bicyclic) bond motifs is 1. The van der Waals surface area contributed by atoms with E-state index < -0.39 is 15.9 Å². The predicted octanol–water partition coefficient (Wildman–Crippen LogP) is 1.16. The fourth-order valence-electron chi connectivity index (χ4n) is 1.92. The third kappa shape index (κ3) is 2.66. The average Bonchev–Trinajstić information content (AvgIpc) is 2.98. The average molecular weight is 372 g/mol. The first kappa shape index (κ1) is 14.1. The highest BCUT2D eigenvalue weighted by atomic mass is 79.9. The molecular formula is C12H10BrN3O4S. The zero-order valence-corrected chi connectivity index (χ0v) is 13.0. The van der Waals surface area contributed by atoms with E-state index >= 15 is 0 Å². The second kappa shape index (κ2) is 5.15. The third-order valence-electron chi connectivity index (χ3n) is 2.88. The summed E-state index contributed by atoms with van der Waals surface area (Å²) in [6.07, 6.45) is 0. The van der Waals surface area contributed by atoms with Crippen molar-refractivity contribution in [3.8, 4) is 5.88 Å². The van der Waals surface area contributed by atoms with Crippen molar-refractivity contribution < 1.29 is 17.9 Å². The molecule has 0 radical (unpaired) electrons. The number of nitrogens with one attached hydrogen (secondary N) is 1. The van der Waals surface area contributed by atoms with E-state index in [0.29, 0.717) is 23.5 Å². The monoisotopic (exact) mass is 371 g/mol. The Hall–Kier alpha value is -1.87. The van der Waals surface area contributed by atoms with Gasteiger partial charge >= 0.3 is 0 Å². The molecule has 1 N–H and O–H groups in total. The fourth-order valence-corrected chi connectivity index (χ4v) is 3.88. The maximum absolute atomic E-state index is 12.2. The van der Waals surface area contributed by atoms with Crippen LogP contribution in [0.2, 0.25) is 0 Å². The molecule has 2 aromatic rings.